The van der Waals surface area contributed by atoms with E-state index in [9.17, 15) is 4.79 Å². The number of nitrogens with zero attached hydrogens (tertiary/aromatic N) is 3. The molecule has 5 heteroatoms. The molecular formula is C21H22N4O. The molecular weight excluding hydrogens is 324 g/mol. The Kier molecular flexibility index (Phi) is 4.44. The molecule has 0 unspecified atom stereocenters. The molecule has 1 aliphatic rings. The SMILES string of the molecule is CCCN1C(=O)c2ccccc2N[C@H]1c1cnn(Cc2ccccc2)c1. The van der Waals surface area contributed by atoms with Crippen LogP contribution in [0.2, 0.25) is 0 Å². The van der Waals surface area contributed by atoms with Gasteiger partial charge < -0.3 is 10.2 Å². The molecule has 1 N–H and O–H groups in total. The maximum atomic E-state index is 12.9. The minimum atomic E-state index is -0.193. The second-order valence-corrected chi connectivity index (χ2v) is 6.55. The molecule has 26 heavy (non-hydrogen) atoms. The summed E-state index contributed by atoms with van der Waals surface area (Å²) in [5.74, 6) is 0.0713. The summed E-state index contributed by atoms with van der Waals surface area (Å²) in [4.78, 5) is 14.8. The normalized spacial score (nSPS) is 16.3. The van der Waals surface area contributed by atoms with E-state index in [1.807, 2.05) is 64.4 Å². The molecule has 0 fully saturated rings. The van der Waals surface area contributed by atoms with Crippen molar-refractivity contribution in [1.29, 1.82) is 0 Å². The fourth-order valence-electron chi connectivity index (χ4n) is 3.41. The topological polar surface area (TPSA) is 50.2 Å². The van der Waals surface area contributed by atoms with Crippen molar-refractivity contribution < 1.29 is 4.79 Å². The van der Waals surface area contributed by atoms with E-state index in [4.69, 9.17) is 0 Å². The van der Waals surface area contributed by atoms with E-state index in [0.29, 0.717) is 13.1 Å². The van der Waals surface area contributed by atoms with Crippen LogP contribution in [0, 0.1) is 0 Å². The number of nitrogens with one attached hydrogen (secondary N) is 1. The number of hydrogen-bond acceptors (Lipinski definition) is 3. The van der Waals surface area contributed by atoms with Crippen molar-refractivity contribution in [2.45, 2.75) is 26.1 Å². The number of anilines is 1. The van der Waals surface area contributed by atoms with Crippen LogP contribution in [-0.4, -0.2) is 27.1 Å². The van der Waals surface area contributed by atoms with Gasteiger partial charge in [0.05, 0.1) is 18.3 Å². The second-order valence-electron chi connectivity index (χ2n) is 6.55. The Labute approximate surface area is 153 Å². The van der Waals surface area contributed by atoms with Crippen molar-refractivity contribution in [3.8, 4) is 0 Å². The first-order chi connectivity index (χ1) is 12.8. The lowest BCUT2D eigenvalue weighted by atomic mass is 10.1. The third-order valence-electron chi connectivity index (χ3n) is 4.64. The van der Waals surface area contributed by atoms with Crippen molar-refractivity contribution in [2.24, 2.45) is 0 Å². The van der Waals surface area contributed by atoms with Gasteiger partial charge in [-0.2, -0.15) is 5.10 Å². The molecule has 1 atom stereocenters. The molecule has 0 saturated carbocycles. The van der Waals surface area contributed by atoms with Crippen molar-refractivity contribution in [1.82, 2.24) is 14.7 Å². The van der Waals surface area contributed by atoms with Gasteiger partial charge in [0.2, 0.25) is 0 Å². The van der Waals surface area contributed by atoms with Crippen LogP contribution in [-0.2, 0) is 6.54 Å². The molecule has 0 bridgehead atoms. The van der Waals surface area contributed by atoms with Crippen LogP contribution >= 0.6 is 0 Å². The predicted molar refractivity (Wildman–Crippen MR) is 102 cm³/mol. The highest BCUT2D eigenvalue weighted by atomic mass is 16.2. The summed E-state index contributed by atoms with van der Waals surface area (Å²) in [6.45, 7) is 3.50. The molecule has 0 saturated heterocycles. The third-order valence-corrected chi connectivity index (χ3v) is 4.64. The summed E-state index contributed by atoms with van der Waals surface area (Å²) in [7, 11) is 0. The molecule has 2 aromatic carbocycles. The highest BCUT2D eigenvalue weighted by molar-refractivity contribution is 6.01. The lowest BCUT2D eigenvalue weighted by molar-refractivity contribution is 0.0683. The number of fused-ring (bicyclic) bond motifs is 1. The van der Waals surface area contributed by atoms with Crippen LogP contribution < -0.4 is 5.32 Å². The molecule has 4 rings (SSSR count). The van der Waals surface area contributed by atoms with E-state index < -0.39 is 0 Å². The summed E-state index contributed by atoms with van der Waals surface area (Å²) >= 11 is 0. The zero-order valence-corrected chi connectivity index (χ0v) is 14.8. The molecule has 1 aliphatic heterocycles. The van der Waals surface area contributed by atoms with Gasteiger partial charge in [0.25, 0.3) is 5.91 Å². The third kappa shape index (κ3) is 3.08. The Morgan fingerprint density at radius 3 is 2.65 bits per heavy atom. The highest BCUT2D eigenvalue weighted by Crippen LogP contribution is 2.32. The smallest absolute Gasteiger partial charge is 0.257 e. The maximum Gasteiger partial charge on any atom is 0.257 e. The lowest BCUT2D eigenvalue weighted by Crippen LogP contribution is -2.43. The van der Waals surface area contributed by atoms with Crippen molar-refractivity contribution in [2.75, 3.05) is 11.9 Å². The fourth-order valence-corrected chi connectivity index (χ4v) is 3.41. The quantitative estimate of drug-likeness (QED) is 0.762. The number of carbonyl (C=O) groups excluding carboxylic acids is 1. The zero-order valence-electron chi connectivity index (χ0n) is 14.8. The van der Waals surface area contributed by atoms with E-state index in [2.05, 4.69) is 29.5 Å². The highest BCUT2D eigenvalue weighted by Gasteiger charge is 2.32. The van der Waals surface area contributed by atoms with Gasteiger partial charge in [-0.3, -0.25) is 9.48 Å². The Balaban J connectivity index is 1.62. The monoisotopic (exact) mass is 346 g/mol. The number of benzene rings is 2. The first kappa shape index (κ1) is 16.4. The number of aromatic nitrogens is 2. The molecule has 0 spiro atoms. The molecule has 2 heterocycles. The van der Waals surface area contributed by atoms with Gasteiger partial charge in [-0.15, -0.1) is 0 Å². The molecule has 0 radical (unpaired) electrons. The fraction of sp³-hybridized carbons (Fsp3) is 0.238. The van der Waals surface area contributed by atoms with Gasteiger partial charge in [0, 0.05) is 24.0 Å². The molecule has 132 valence electrons. The summed E-state index contributed by atoms with van der Waals surface area (Å²) in [5.41, 5.74) is 3.81. The number of para-hydroxylation sites is 1. The average Bonchev–Trinajstić information content (AvgIpc) is 3.13. The van der Waals surface area contributed by atoms with Crippen molar-refractivity contribution >= 4 is 11.6 Å². The van der Waals surface area contributed by atoms with Crippen LogP contribution in [0.3, 0.4) is 0 Å². The van der Waals surface area contributed by atoms with E-state index in [-0.39, 0.29) is 12.1 Å². The van der Waals surface area contributed by atoms with Crippen LogP contribution in [0.15, 0.2) is 67.0 Å². The van der Waals surface area contributed by atoms with Gasteiger partial charge in [-0.05, 0) is 24.1 Å². The van der Waals surface area contributed by atoms with Gasteiger partial charge in [-0.1, -0.05) is 49.4 Å². The van der Waals surface area contributed by atoms with E-state index >= 15 is 0 Å². The van der Waals surface area contributed by atoms with Crippen molar-refractivity contribution in [3.63, 3.8) is 0 Å². The summed E-state index contributed by atoms with van der Waals surface area (Å²) in [6.07, 6.45) is 4.59. The minimum Gasteiger partial charge on any atom is -0.361 e. The Bertz CT molecular complexity index is 903. The van der Waals surface area contributed by atoms with Gasteiger partial charge >= 0.3 is 0 Å². The van der Waals surface area contributed by atoms with Crippen LogP contribution in [0.4, 0.5) is 5.69 Å². The molecule has 5 nitrogen and oxygen atoms in total. The number of carbonyl (C=O) groups is 1. The average molecular weight is 346 g/mol. The van der Waals surface area contributed by atoms with Gasteiger partial charge in [-0.25, -0.2) is 0 Å². The summed E-state index contributed by atoms with van der Waals surface area (Å²) < 4.78 is 1.92. The summed E-state index contributed by atoms with van der Waals surface area (Å²) in [5, 5.41) is 8.01. The standard InChI is InChI=1S/C21H22N4O/c1-2-12-25-20(23-19-11-7-6-10-18(19)21(25)26)17-13-22-24(15-17)14-16-8-4-3-5-9-16/h3-11,13,15,20,23H,2,12,14H2,1H3/t20-/m1/s1. The minimum absolute atomic E-state index is 0.0713. The number of hydrogen-bond donors (Lipinski definition) is 1. The Hall–Kier alpha value is -3.08. The largest absolute Gasteiger partial charge is 0.361 e. The first-order valence-corrected chi connectivity index (χ1v) is 8.99. The van der Waals surface area contributed by atoms with E-state index in [1.165, 1.54) is 5.56 Å². The van der Waals surface area contributed by atoms with Gasteiger partial charge in [0.15, 0.2) is 0 Å². The van der Waals surface area contributed by atoms with Crippen LogP contribution in [0.5, 0.6) is 0 Å². The van der Waals surface area contributed by atoms with Crippen LogP contribution in [0.1, 0.15) is 41.0 Å². The Morgan fingerprint density at radius 2 is 1.85 bits per heavy atom. The number of amides is 1. The van der Waals surface area contributed by atoms with E-state index in [0.717, 1.165) is 23.2 Å². The van der Waals surface area contributed by atoms with E-state index in [1.54, 1.807) is 0 Å². The van der Waals surface area contributed by atoms with Crippen LogP contribution in [0.25, 0.3) is 0 Å². The first-order valence-electron chi connectivity index (χ1n) is 8.99. The predicted octanol–water partition coefficient (Wildman–Crippen LogP) is 3.91. The molecule has 1 aromatic heterocycles. The van der Waals surface area contributed by atoms with Crippen molar-refractivity contribution in [3.05, 3.63) is 83.7 Å². The summed E-state index contributed by atoms with van der Waals surface area (Å²) in [6, 6.07) is 17.9. The molecule has 3 aromatic rings. The second kappa shape index (κ2) is 7.04. The zero-order chi connectivity index (χ0) is 17.9. The maximum absolute atomic E-state index is 12.9. The lowest BCUT2D eigenvalue weighted by Gasteiger charge is -2.37. The molecule has 1 amide bonds. The number of rotatable bonds is 5. The van der Waals surface area contributed by atoms with Gasteiger partial charge in [0.1, 0.15) is 6.17 Å². The Morgan fingerprint density at radius 1 is 1.08 bits per heavy atom. The molecule has 0 aliphatic carbocycles.